The Labute approximate surface area is 196 Å². The van der Waals surface area contributed by atoms with Crippen molar-refractivity contribution in [2.24, 2.45) is 0 Å². The van der Waals surface area contributed by atoms with Gasteiger partial charge in [-0.15, -0.1) is 11.3 Å². The van der Waals surface area contributed by atoms with E-state index in [0.29, 0.717) is 26.7 Å². The first-order valence-corrected chi connectivity index (χ1v) is 11.4. The molecule has 0 unspecified atom stereocenters. The number of halogens is 1. The van der Waals surface area contributed by atoms with E-state index in [4.69, 9.17) is 19.9 Å². The molecule has 158 valence electrons. The Morgan fingerprint density at radius 1 is 1.09 bits per heavy atom. The molecule has 0 atom stereocenters. The largest absolute Gasteiger partial charge is 0.497 e. The molecule has 0 aliphatic carbocycles. The summed E-state index contributed by atoms with van der Waals surface area (Å²) in [5.41, 5.74) is 9.99. The number of fused-ring (bicyclic) bond motifs is 1. The second kappa shape index (κ2) is 8.26. The lowest BCUT2D eigenvalue weighted by Gasteiger charge is -2.07. The number of methoxy groups -OCH3 is 1. The molecule has 5 aromatic rings. The zero-order valence-corrected chi connectivity index (χ0v) is 19.4. The Morgan fingerprint density at radius 3 is 2.50 bits per heavy atom. The number of benzene rings is 2. The lowest BCUT2D eigenvalue weighted by molar-refractivity contribution is 0.104. The van der Waals surface area contributed by atoms with Crippen molar-refractivity contribution in [3.05, 3.63) is 87.9 Å². The number of hydrogen-bond donors (Lipinski definition) is 1. The number of pyridine rings is 1. The summed E-state index contributed by atoms with van der Waals surface area (Å²) in [7, 11) is 1.63. The highest BCUT2D eigenvalue weighted by molar-refractivity contribution is 9.10. The number of ketones is 1. The van der Waals surface area contributed by atoms with Gasteiger partial charge in [-0.3, -0.25) is 4.79 Å². The lowest BCUT2D eigenvalue weighted by atomic mass is 10.0. The van der Waals surface area contributed by atoms with Crippen LogP contribution in [0.1, 0.15) is 15.2 Å². The summed E-state index contributed by atoms with van der Waals surface area (Å²) < 4.78 is 11.9. The number of thiophene rings is 1. The monoisotopic (exact) mass is 504 g/mol. The van der Waals surface area contributed by atoms with Gasteiger partial charge in [-0.1, -0.05) is 15.9 Å². The fraction of sp³-hybridized carbons (Fsp3) is 0.0400. The van der Waals surface area contributed by atoms with Crippen LogP contribution in [0.4, 0.5) is 5.69 Å². The van der Waals surface area contributed by atoms with Gasteiger partial charge >= 0.3 is 0 Å². The van der Waals surface area contributed by atoms with Gasteiger partial charge in [0.1, 0.15) is 21.2 Å². The van der Waals surface area contributed by atoms with Crippen molar-refractivity contribution in [2.45, 2.75) is 0 Å². The predicted molar refractivity (Wildman–Crippen MR) is 131 cm³/mol. The molecule has 3 heterocycles. The minimum absolute atomic E-state index is 0.130. The summed E-state index contributed by atoms with van der Waals surface area (Å²) in [5.74, 6) is 1.30. The van der Waals surface area contributed by atoms with Crippen molar-refractivity contribution < 1.29 is 13.9 Å². The van der Waals surface area contributed by atoms with E-state index in [1.54, 1.807) is 25.5 Å². The zero-order valence-electron chi connectivity index (χ0n) is 17.0. The van der Waals surface area contributed by atoms with Gasteiger partial charge in [-0.25, -0.2) is 4.98 Å². The summed E-state index contributed by atoms with van der Waals surface area (Å²) in [5, 5.41) is 0.725. The third-order valence-electron chi connectivity index (χ3n) is 5.18. The number of nitrogens with zero attached hydrogens (tertiary/aromatic N) is 1. The minimum Gasteiger partial charge on any atom is -0.497 e. The molecule has 0 saturated heterocycles. The normalized spacial score (nSPS) is 11.1. The Morgan fingerprint density at radius 2 is 1.84 bits per heavy atom. The number of aromatic nitrogens is 1. The molecule has 0 fully saturated rings. The number of ether oxygens (including phenoxy) is 1. The van der Waals surface area contributed by atoms with Crippen LogP contribution in [-0.4, -0.2) is 17.9 Å². The van der Waals surface area contributed by atoms with E-state index >= 15 is 0 Å². The van der Waals surface area contributed by atoms with Crippen molar-refractivity contribution in [2.75, 3.05) is 12.8 Å². The second-order valence-corrected chi connectivity index (χ2v) is 9.04. The molecule has 0 amide bonds. The molecule has 2 aromatic carbocycles. The molecule has 2 N–H and O–H groups in total. The number of nitrogen functional groups attached to an aromatic ring is 1. The smallest absolute Gasteiger partial charge is 0.205 e. The SMILES string of the molecule is COc1ccc(-c2cc(-c3ccco3)c3c(N)c(C(=O)c4ccc(Br)cc4)sc3n2)cc1. The second-order valence-electron chi connectivity index (χ2n) is 7.12. The summed E-state index contributed by atoms with van der Waals surface area (Å²) in [4.78, 5) is 19.2. The first kappa shape index (κ1) is 20.5. The summed E-state index contributed by atoms with van der Waals surface area (Å²) in [6.45, 7) is 0. The molecule has 7 heteroatoms. The average Bonchev–Trinajstić information content (AvgIpc) is 3.47. The van der Waals surface area contributed by atoms with E-state index in [2.05, 4.69) is 15.9 Å². The first-order valence-electron chi connectivity index (χ1n) is 9.76. The van der Waals surface area contributed by atoms with E-state index < -0.39 is 0 Å². The van der Waals surface area contributed by atoms with Crippen molar-refractivity contribution >= 4 is 49.0 Å². The van der Waals surface area contributed by atoms with Crippen LogP contribution in [0, 0.1) is 0 Å². The quantitative estimate of drug-likeness (QED) is 0.266. The lowest BCUT2D eigenvalue weighted by Crippen LogP contribution is -2.02. The number of rotatable bonds is 5. The summed E-state index contributed by atoms with van der Waals surface area (Å²) in [6.07, 6.45) is 1.62. The molecule has 5 rings (SSSR count). The van der Waals surface area contributed by atoms with Crippen LogP contribution < -0.4 is 10.5 Å². The summed E-state index contributed by atoms with van der Waals surface area (Å²) in [6, 6.07) is 20.5. The molecule has 0 spiro atoms. The molecule has 3 aromatic heterocycles. The highest BCUT2D eigenvalue weighted by atomic mass is 79.9. The van der Waals surface area contributed by atoms with Crippen molar-refractivity contribution in [1.29, 1.82) is 0 Å². The Balaban J connectivity index is 1.70. The number of carbonyl (C=O) groups excluding carboxylic acids is 1. The number of nitrogens with two attached hydrogens (primary N) is 1. The maximum Gasteiger partial charge on any atom is 0.205 e. The van der Waals surface area contributed by atoms with E-state index in [1.807, 2.05) is 54.6 Å². The van der Waals surface area contributed by atoms with Gasteiger partial charge in [0.05, 0.1) is 24.8 Å². The van der Waals surface area contributed by atoms with Crippen LogP contribution in [0.3, 0.4) is 0 Å². The standard InChI is InChI=1S/C25H17BrN2O3S/c1-30-17-10-6-14(7-11-17)19-13-18(20-3-2-12-31-20)21-22(27)24(32-25(21)28-19)23(29)15-4-8-16(26)9-5-15/h2-13H,27H2,1H3. The maximum absolute atomic E-state index is 13.2. The van der Waals surface area contributed by atoms with Gasteiger partial charge in [-0.2, -0.15) is 0 Å². The Bertz CT molecular complexity index is 1420. The van der Waals surface area contributed by atoms with Gasteiger partial charge in [-0.05, 0) is 66.7 Å². The minimum atomic E-state index is -0.130. The maximum atomic E-state index is 13.2. The molecule has 5 nitrogen and oxygen atoms in total. The molecular weight excluding hydrogens is 488 g/mol. The zero-order chi connectivity index (χ0) is 22.2. The van der Waals surface area contributed by atoms with Crippen LogP contribution in [0.15, 0.2) is 81.9 Å². The highest BCUT2D eigenvalue weighted by Gasteiger charge is 2.23. The Hall–Kier alpha value is -3.42. The summed E-state index contributed by atoms with van der Waals surface area (Å²) >= 11 is 4.70. The third kappa shape index (κ3) is 3.59. The fourth-order valence-corrected chi connectivity index (χ4v) is 4.90. The van der Waals surface area contributed by atoms with E-state index in [0.717, 1.165) is 32.4 Å². The first-order chi connectivity index (χ1) is 15.5. The van der Waals surface area contributed by atoms with E-state index in [9.17, 15) is 4.79 Å². The predicted octanol–water partition coefficient (Wildman–Crippen LogP) is 6.81. The van der Waals surface area contributed by atoms with Crippen LogP contribution >= 0.6 is 27.3 Å². The van der Waals surface area contributed by atoms with Gasteiger partial charge in [0.25, 0.3) is 0 Å². The number of anilines is 1. The highest BCUT2D eigenvalue weighted by Crippen LogP contribution is 2.42. The molecule has 0 radical (unpaired) electrons. The van der Waals surface area contributed by atoms with Gasteiger partial charge in [0.2, 0.25) is 5.78 Å². The molecule has 32 heavy (non-hydrogen) atoms. The van der Waals surface area contributed by atoms with Crippen molar-refractivity contribution in [3.63, 3.8) is 0 Å². The van der Waals surface area contributed by atoms with Crippen LogP contribution in [0.2, 0.25) is 0 Å². The molecule has 0 aliphatic rings. The van der Waals surface area contributed by atoms with Gasteiger partial charge in [0, 0.05) is 26.5 Å². The fourth-order valence-electron chi connectivity index (χ4n) is 3.56. The van der Waals surface area contributed by atoms with Crippen molar-refractivity contribution in [1.82, 2.24) is 4.98 Å². The van der Waals surface area contributed by atoms with Crippen LogP contribution in [0.5, 0.6) is 5.75 Å². The van der Waals surface area contributed by atoms with E-state index in [1.165, 1.54) is 11.3 Å². The molecule has 0 saturated carbocycles. The van der Waals surface area contributed by atoms with Crippen LogP contribution in [0.25, 0.3) is 32.8 Å². The molecule has 0 bridgehead atoms. The number of furan rings is 1. The van der Waals surface area contributed by atoms with Crippen LogP contribution in [-0.2, 0) is 0 Å². The average molecular weight is 505 g/mol. The molecular formula is C25H17BrN2O3S. The molecule has 0 aliphatic heterocycles. The number of carbonyl (C=O) groups is 1. The van der Waals surface area contributed by atoms with Gasteiger partial charge in [0.15, 0.2) is 0 Å². The topological polar surface area (TPSA) is 78.4 Å². The number of hydrogen-bond acceptors (Lipinski definition) is 6. The third-order valence-corrected chi connectivity index (χ3v) is 6.81. The van der Waals surface area contributed by atoms with Gasteiger partial charge < -0.3 is 14.9 Å². The van der Waals surface area contributed by atoms with Crippen molar-refractivity contribution in [3.8, 4) is 28.3 Å². The van der Waals surface area contributed by atoms with E-state index in [-0.39, 0.29) is 5.78 Å². The Kier molecular flexibility index (Phi) is 5.28.